The van der Waals surface area contributed by atoms with E-state index in [0.29, 0.717) is 18.1 Å². The van der Waals surface area contributed by atoms with Crippen LogP contribution in [0.2, 0.25) is 0 Å². The van der Waals surface area contributed by atoms with Gasteiger partial charge in [-0.2, -0.15) is 0 Å². The van der Waals surface area contributed by atoms with Crippen molar-refractivity contribution in [1.29, 1.82) is 0 Å². The van der Waals surface area contributed by atoms with Gasteiger partial charge in [-0.25, -0.2) is 9.97 Å². The number of rotatable bonds is 9. The van der Waals surface area contributed by atoms with Crippen LogP contribution in [0.25, 0.3) is 0 Å². The third kappa shape index (κ3) is 6.39. The van der Waals surface area contributed by atoms with Crippen LogP contribution in [0.1, 0.15) is 15.9 Å². The van der Waals surface area contributed by atoms with Gasteiger partial charge in [0.15, 0.2) is 0 Å². The zero-order valence-corrected chi connectivity index (χ0v) is 15.0. The van der Waals surface area contributed by atoms with Crippen molar-refractivity contribution in [3.05, 3.63) is 47.8 Å². The molecule has 1 aromatic heterocycles. The number of aromatic nitrogens is 2. The van der Waals surface area contributed by atoms with Crippen LogP contribution in [0.3, 0.4) is 0 Å². The van der Waals surface area contributed by atoms with Crippen LogP contribution in [0.5, 0.6) is 5.75 Å². The fourth-order valence-corrected chi connectivity index (χ4v) is 2.18. The molecule has 0 fully saturated rings. The van der Waals surface area contributed by atoms with E-state index in [-0.39, 0.29) is 5.91 Å². The summed E-state index contributed by atoms with van der Waals surface area (Å²) in [5.74, 6) is 1.16. The van der Waals surface area contributed by atoms with E-state index in [1.807, 2.05) is 38.4 Å². The smallest absolute Gasteiger partial charge is 0.254 e. The van der Waals surface area contributed by atoms with Crippen molar-refractivity contribution < 1.29 is 9.53 Å². The van der Waals surface area contributed by atoms with E-state index < -0.39 is 0 Å². The highest BCUT2D eigenvalue weighted by Crippen LogP contribution is 2.12. The Morgan fingerprint density at radius 3 is 2.64 bits per heavy atom. The van der Waals surface area contributed by atoms with E-state index in [1.165, 1.54) is 12.4 Å². The predicted octanol–water partition coefficient (Wildman–Crippen LogP) is 1.43. The molecule has 0 saturated carbocycles. The van der Waals surface area contributed by atoms with Gasteiger partial charge in [-0.15, -0.1) is 0 Å². The molecule has 0 bridgehead atoms. The zero-order chi connectivity index (χ0) is 18.1. The van der Waals surface area contributed by atoms with Crippen LogP contribution >= 0.6 is 0 Å². The van der Waals surface area contributed by atoms with Gasteiger partial charge < -0.3 is 20.3 Å². The summed E-state index contributed by atoms with van der Waals surface area (Å²) in [6.07, 6.45) is 3.80. The maximum absolute atomic E-state index is 12.1. The van der Waals surface area contributed by atoms with Crippen molar-refractivity contribution in [3.8, 4) is 5.75 Å². The lowest BCUT2D eigenvalue weighted by molar-refractivity contribution is 0.0953. The van der Waals surface area contributed by atoms with Gasteiger partial charge in [-0.1, -0.05) is 12.1 Å². The monoisotopic (exact) mass is 343 g/mol. The van der Waals surface area contributed by atoms with Crippen molar-refractivity contribution in [2.75, 3.05) is 46.2 Å². The molecule has 0 unspecified atom stereocenters. The number of nitrogens with one attached hydrogen (secondary N) is 2. The molecule has 7 nitrogen and oxygen atoms in total. The van der Waals surface area contributed by atoms with Gasteiger partial charge in [0.2, 0.25) is 5.95 Å². The van der Waals surface area contributed by atoms with Gasteiger partial charge >= 0.3 is 0 Å². The summed E-state index contributed by atoms with van der Waals surface area (Å²) in [7, 11) is 5.64. The predicted molar refractivity (Wildman–Crippen MR) is 98.1 cm³/mol. The number of nitrogens with zero attached hydrogens (tertiary/aromatic N) is 3. The summed E-state index contributed by atoms with van der Waals surface area (Å²) < 4.78 is 5.19. The first kappa shape index (κ1) is 18.7. The van der Waals surface area contributed by atoms with Crippen molar-refractivity contribution in [3.63, 3.8) is 0 Å². The van der Waals surface area contributed by atoms with E-state index in [4.69, 9.17) is 4.74 Å². The molecule has 134 valence electrons. The SMILES string of the molecule is COc1cccc(CCNC(=O)c2cnc(NCCN(C)C)nc2)c1. The molecule has 0 aliphatic rings. The maximum atomic E-state index is 12.1. The number of likely N-dealkylation sites (N-methyl/N-ethyl adjacent to an activating group) is 1. The quantitative estimate of drug-likeness (QED) is 0.717. The van der Waals surface area contributed by atoms with Gasteiger partial charge in [0.1, 0.15) is 5.75 Å². The summed E-state index contributed by atoms with van der Waals surface area (Å²) in [6.45, 7) is 2.17. The van der Waals surface area contributed by atoms with Crippen molar-refractivity contribution in [1.82, 2.24) is 20.2 Å². The molecule has 7 heteroatoms. The molecule has 0 spiro atoms. The number of hydrogen-bond acceptors (Lipinski definition) is 6. The Morgan fingerprint density at radius 1 is 1.20 bits per heavy atom. The van der Waals surface area contributed by atoms with Gasteiger partial charge in [-0.05, 0) is 38.2 Å². The van der Waals surface area contributed by atoms with Crippen molar-refractivity contribution in [2.45, 2.75) is 6.42 Å². The summed E-state index contributed by atoms with van der Waals surface area (Å²) >= 11 is 0. The molecular weight excluding hydrogens is 318 g/mol. The third-order valence-electron chi connectivity index (χ3n) is 3.59. The number of benzene rings is 1. The zero-order valence-electron chi connectivity index (χ0n) is 15.0. The number of anilines is 1. The average Bonchev–Trinajstić information content (AvgIpc) is 2.62. The average molecular weight is 343 g/mol. The second kappa shape index (κ2) is 9.58. The molecular formula is C18H25N5O2. The topological polar surface area (TPSA) is 79.4 Å². The number of hydrogen-bond donors (Lipinski definition) is 2. The fourth-order valence-electron chi connectivity index (χ4n) is 2.18. The van der Waals surface area contributed by atoms with Crippen molar-refractivity contribution >= 4 is 11.9 Å². The lowest BCUT2D eigenvalue weighted by atomic mass is 10.1. The molecule has 1 aromatic carbocycles. The van der Waals surface area contributed by atoms with Gasteiger partial charge in [0.05, 0.1) is 12.7 Å². The normalized spacial score (nSPS) is 10.6. The van der Waals surface area contributed by atoms with Crippen LogP contribution in [-0.4, -0.2) is 61.6 Å². The standard InChI is InChI=1S/C18H25N5O2/c1-23(2)10-9-20-18-21-12-15(13-22-18)17(24)19-8-7-14-5-4-6-16(11-14)25-3/h4-6,11-13H,7-10H2,1-3H3,(H,19,24)(H,20,21,22). The first-order valence-corrected chi connectivity index (χ1v) is 8.20. The summed E-state index contributed by atoms with van der Waals surface area (Å²) in [5.41, 5.74) is 1.56. The molecule has 0 radical (unpaired) electrons. The van der Waals surface area contributed by atoms with Crippen molar-refractivity contribution in [2.24, 2.45) is 0 Å². The van der Waals surface area contributed by atoms with Gasteiger partial charge in [-0.3, -0.25) is 4.79 Å². The fraction of sp³-hybridized carbons (Fsp3) is 0.389. The molecule has 0 aliphatic carbocycles. The first-order valence-electron chi connectivity index (χ1n) is 8.20. The number of ether oxygens (including phenoxy) is 1. The van der Waals surface area contributed by atoms with Gasteiger partial charge in [0, 0.05) is 32.0 Å². The number of amides is 1. The molecule has 25 heavy (non-hydrogen) atoms. The Hall–Kier alpha value is -2.67. The summed E-state index contributed by atoms with van der Waals surface area (Å²) in [5, 5.41) is 5.99. The molecule has 0 aliphatic heterocycles. The minimum atomic E-state index is -0.178. The van der Waals surface area contributed by atoms with E-state index in [2.05, 4.69) is 25.5 Å². The van der Waals surface area contributed by atoms with E-state index >= 15 is 0 Å². The van der Waals surface area contributed by atoms with E-state index in [9.17, 15) is 4.79 Å². The summed E-state index contributed by atoms with van der Waals surface area (Å²) in [6, 6.07) is 7.80. The Morgan fingerprint density at radius 2 is 1.96 bits per heavy atom. The highest BCUT2D eigenvalue weighted by Gasteiger charge is 2.07. The Balaban J connectivity index is 1.78. The molecule has 2 rings (SSSR count). The molecule has 0 atom stereocenters. The lowest BCUT2D eigenvalue weighted by Crippen LogP contribution is -2.26. The highest BCUT2D eigenvalue weighted by molar-refractivity contribution is 5.93. The van der Waals surface area contributed by atoms with E-state index in [1.54, 1.807) is 7.11 Å². The number of carbonyl (C=O) groups is 1. The van der Waals surface area contributed by atoms with Crippen LogP contribution < -0.4 is 15.4 Å². The minimum absolute atomic E-state index is 0.178. The molecule has 0 saturated heterocycles. The molecule has 2 N–H and O–H groups in total. The lowest BCUT2D eigenvalue weighted by Gasteiger charge is -2.10. The van der Waals surface area contributed by atoms with Crippen LogP contribution in [0, 0.1) is 0 Å². The van der Waals surface area contributed by atoms with Gasteiger partial charge in [0.25, 0.3) is 5.91 Å². The van der Waals surface area contributed by atoms with Crippen LogP contribution in [0.15, 0.2) is 36.7 Å². The Bertz CT molecular complexity index is 673. The number of carbonyl (C=O) groups excluding carboxylic acids is 1. The second-order valence-corrected chi connectivity index (χ2v) is 5.88. The van der Waals surface area contributed by atoms with Crippen LogP contribution in [0.4, 0.5) is 5.95 Å². The highest BCUT2D eigenvalue weighted by atomic mass is 16.5. The molecule has 1 heterocycles. The first-order chi connectivity index (χ1) is 12.1. The Labute approximate surface area is 148 Å². The maximum Gasteiger partial charge on any atom is 0.254 e. The van der Waals surface area contributed by atoms with E-state index in [0.717, 1.165) is 30.8 Å². The minimum Gasteiger partial charge on any atom is -0.497 e. The number of methoxy groups -OCH3 is 1. The summed E-state index contributed by atoms with van der Waals surface area (Å²) in [4.78, 5) is 22.5. The largest absolute Gasteiger partial charge is 0.497 e. The molecule has 2 aromatic rings. The Kier molecular flexibility index (Phi) is 7.16. The molecule has 1 amide bonds. The second-order valence-electron chi connectivity index (χ2n) is 5.88. The van der Waals surface area contributed by atoms with Crippen LogP contribution in [-0.2, 0) is 6.42 Å². The third-order valence-corrected chi connectivity index (χ3v) is 3.59.